The summed E-state index contributed by atoms with van der Waals surface area (Å²) in [6.45, 7) is 5.50. The summed E-state index contributed by atoms with van der Waals surface area (Å²) in [7, 11) is -2.13. The lowest BCUT2D eigenvalue weighted by atomic mass is 10.1. The van der Waals surface area contributed by atoms with Crippen molar-refractivity contribution in [2.24, 2.45) is 0 Å². The molecule has 1 atom stereocenters. The largest absolute Gasteiger partial charge is 0.497 e. The molecule has 0 unspecified atom stereocenters. The summed E-state index contributed by atoms with van der Waals surface area (Å²) >= 11 is 0. The molecule has 0 fully saturated rings. The topological polar surface area (TPSA) is 75.7 Å². The Kier molecular flexibility index (Phi) is 6.49. The smallest absolute Gasteiger partial charge is 0.248 e. The molecule has 0 aromatic heterocycles. The van der Waals surface area contributed by atoms with E-state index in [1.54, 1.807) is 31.2 Å². The van der Waals surface area contributed by atoms with Gasteiger partial charge in [0, 0.05) is 5.69 Å². The molecule has 27 heavy (non-hydrogen) atoms. The molecule has 6 nitrogen and oxygen atoms in total. The second-order valence-corrected chi connectivity index (χ2v) is 8.24. The van der Waals surface area contributed by atoms with Crippen molar-refractivity contribution in [1.29, 1.82) is 0 Å². The third-order valence-corrected chi connectivity index (χ3v) is 5.65. The van der Waals surface area contributed by atoms with E-state index >= 15 is 0 Å². The van der Waals surface area contributed by atoms with E-state index in [1.807, 2.05) is 32.0 Å². The van der Waals surface area contributed by atoms with E-state index in [9.17, 15) is 13.2 Å². The first-order valence-electron chi connectivity index (χ1n) is 8.71. The minimum Gasteiger partial charge on any atom is -0.497 e. The molecular weight excluding hydrogens is 364 g/mol. The van der Waals surface area contributed by atoms with Gasteiger partial charge in [-0.2, -0.15) is 0 Å². The van der Waals surface area contributed by atoms with Gasteiger partial charge in [0.15, 0.2) is 0 Å². The van der Waals surface area contributed by atoms with Gasteiger partial charge in [-0.3, -0.25) is 9.10 Å². The number of ether oxygens (including phenoxy) is 1. The minimum absolute atomic E-state index is 0.389. The quantitative estimate of drug-likeness (QED) is 0.787. The highest BCUT2D eigenvalue weighted by Crippen LogP contribution is 2.26. The van der Waals surface area contributed by atoms with Gasteiger partial charge < -0.3 is 10.1 Å². The number of hydrogen-bond donors (Lipinski definition) is 1. The number of hydrogen-bond acceptors (Lipinski definition) is 4. The second-order valence-electron chi connectivity index (χ2n) is 6.38. The highest BCUT2D eigenvalue weighted by molar-refractivity contribution is 7.92. The molecule has 7 heteroatoms. The fourth-order valence-electron chi connectivity index (χ4n) is 2.97. The Hall–Kier alpha value is -2.54. The van der Waals surface area contributed by atoms with Gasteiger partial charge in [0.25, 0.3) is 0 Å². The van der Waals surface area contributed by atoms with Gasteiger partial charge in [-0.15, -0.1) is 0 Å². The van der Waals surface area contributed by atoms with Gasteiger partial charge in [-0.25, -0.2) is 8.42 Å². The summed E-state index contributed by atoms with van der Waals surface area (Å²) in [6.07, 6.45) is 1.85. The molecule has 0 bridgehead atoms. The van der Waals surface area contributed by atoms with Crippen LogP contribution >= 0.6 is 0 Å². The highest BCUT2D eigenvalue weighted by Gasteiger charge is 2.29. The number of para-hydroxylation sites is 1. The number of carbonyl (C=O) groups excluding carboxylic acids is 1. The van der Waals surface area contributed by atoms with Crippen LogP contribution in [-0.2, 0) is 21.2 Å². The molecule has 1 amide bonds. The Morgan fingerprint density at radius 2 is 1.81 bits per heavy atom. The molecule has 1 N–H and O–H groups in total. The fourth-order valence-corrected chi connectivity index (χ4v) is 4.14. The van der Waals surface area contributed by atoms with Crippen LogP contribution in [0.3, 0.4) is 0 Å². The summed E-state index contributed by atoms with van der Waals surface area (Å²) in [4.78, 5) is 12.9. The first-order chi connectivity index (χ1) is 12.7. The summed E-state index contributed by atoms with van der Waals surface area (Å²) in [6, 6.07) is 11.4. The Balaban J connectivity index is 2.35. The van der Waals surface area contributed by atoms with Gasteiger partial charge in [-0.1, -0.05) is 25.1 Å². The molecule has 0 aliphatic heterocycles. The molecule has 0 spiro atoms. The van der Waals surface area contributed by atoms with Crippen molar-refractivity contribution >= 4 is 27.3 Å². The zero-order valence-corrected chi connectivity index (χ0v) is 17.1. The van der Waals surface area contributed by atoms with Crippen molar-refractivity contribution in [3.05, 3.63) is 53.6 Å². The fraction of sp³-hybridized carbons (Fsp3) is 0.350. The zero-order chi connectivity index (χ0) is 20.2. The van der Waals surface area contributed by atoms with Gasteiger partial charge >= 0.3 is 0 Å². The van der Waals surface area contributed by atoms with Crippen molar-refractivity contribution in [3.63, 3.8) is 0 Å². The van der Waals surface area contributed by atoms with E-state index < -0.39 is 16.1 Å². The van der Waals surface area contributed by atoms with E-state index in [2.05, 4.69) is 5.32 Å². The molecule has 0 saturated heterocycles. The van der Waals surface area contributed by atoms with Crippen molar-refractivity contribution in [2.75, 3.05) is 23.0 Å². The van der Waals surface area contributed by atoms with Crippen LogP contribution in [0.25, 0.3) is 0 Å². The Labute approximate surface area is 161 Å². The number of rotatable bonds is 7. The molecule has 0 radical (unpaired) electrons. The first kappa shape index (κ1) is 20.8. The molecule has 0 aliphatic rings. The number of carbonyl (C=O) groups is 1. The lowest BCUT2D eigenvalue weighted by Gasteiger charge is -2.28. The predicted octanol–water partition coefficient (Wildman–Crippen LogP) is 3.36. The normalized spacial score (nSPS) is 12.3. The Bertz CT molecular complexity index is 908. The van der Waals surface area contributed by atoms with Gasteiger partial charge in [0.2, 0.25) is 15.9 Å². The average Bonchev–Trinajstić information content (AvgIpc) is 2.62. The third-order valence-electron chi connectivity index (χ3n) is 4.40. The Morgan fingerprint density at radius 3 is 2.33 bits per heavy atom. The van der Waals surface area contributed by atoms with E-state index in [1.165, 1.54) is 7.11 Å². The molecule has 2 aromatic carbocycles. The number of anilines is 2. The van der Waals surface area contributed by atoms with Crippen molar-refractivity contribution < 1.29 is 17.9 Å². The van der Waals surface area contributed by atoms with Crippen LogP contribution in [0.1, 0.15) is 25.0 Å². The number of benzene rings is 2. The monoisotopic (exact) mass is 390 g/mol. The van der Waals surface area contributed by atoms with Crippen molar-refractivity contribution in [1.82, 2.24) is 0 Å². The van der Waals surface area contributed by atoms with Gasteiger partial charge in [-0.05, 0) is 55.7 Å². The maximum atomic E-state index is 12.9. The molecule has 146 valence electrons. The number of methoxy groups -OCH3 is 1. The lowest BCUT2D eigenvalue weighted by Crippen LogP contribution is -2.45. The standard InChI is InChI=1S/C20H26N2O4S/c1-6-16-9-7-8-14(2)19(16)21-20(23)15(3)22(27(5,24)25)17-10-12-18(26-4)13-11-17/h7-13,15H,6H2,1-5H3,(H,21,23)/t15-/m1/s1. The van der Waals surface area contributed by atoms with Crippen LogP contribution in [-0.4, -0.2) is 33.7 Å². The van der Waals surface area contributed by atoms with Crippen molar-refractivity contribution in [3.8, 4) is 5.75 Å². The van der Waals surface area contributed by atoms with Crippen LogP contribution in [0, 0.1) is 6.92 Å². The minimum atomic E-state index is -3.67. The Morgan fingerprint density at radius 1 is 1.19 bits per heavy atom. The van der Waals surface area contributed by atoms with E-state index in [4.69, 9.17) is 4.74 Å². The SMILES string of the molecule is CCc1cccc(C)c1NC(=O)[C@@H](C)N(c1ccc(OC)cc1)S(C)(=O)=O. The van der Waals surface area contributed by atoms with Crippen LogP contribution in [0.15, 0.2) is 42.5 Å². The van der Waals surface area contributed by atoms with Crippen molar-refractivity contribution in [2.45, 2.75) is 33.2 Å². The summed E-state index contributed by atoms with van der Waals surface area (Å²) < 4.78 is 31.0. The zero-order valence-electron chi connectivity index (χ0n) is 16.3. The summed E-state index contributed by atoms with van der Waals surface area (Å²) in [5.74, 6) is 0.219. The molecule has 2 aromatic rings. The summed E-state index contributed by atoms with van der Waals surface area (Å²) in [5, 5.41) is 2.90. The molecule has 0 aliphatic carbocycles. The number of aryl methyl sites for hydroxylation is 2. The molecule has 2 rings (SSSR count). The van der Waals surface area contributed by atoms with E-state index in [-0.39, 0.29) is 5.91 Å². The highest BCUT2D eigenvalue weighted by atomic mass is 32.2. The van der Waals surface area contributed by atoms with Crippen LogP contribution in [0.4, 0.5) is 11.4 Å². The number of nitrogens with one attached hydrogen (secondary N) is 1. The number of sulfonamides is 1. The lowest BCUT2D eigenvalue weighted by molar-refractivity contribution is -0.116. The number of nitrogens with zero attached hydrogens (tertiary/aromatic N) is 1. The first-order valence-corrected chi connectivity index (χ1v) is 10.6. The predicted molar refractivity (Wildman–Crippen MR) is 109 cm³/mol. The molecule has 0 heterocycles. The van der Waals surface area contributed by atoms with Gasteiger partial charge in [0.1, 0.15) is 11.8 Å². The molecular formula is C20H26N2O4S. The van der Waals surface area contributed by atoms with Crippen LogP contribution in [0.2, 0.25) is 0 Å². The van der Waals surface area contributed by atoms with Crippen LogP contribution in [0.5, 0.6) is 5.75 Å². The van der Waals surface area contributed by atoms with Crippen LogP contribution < -0.4 is 14.4 Å². The van der Waals surface area contributed by atoms with E-state index in [0.29, 0.717) is 11.4 Å². The maximum absolute atomic E-state index is 12.9. The van der Waals surface area contributed by atoms with E-state index in [0.717, 1.165) is 33.8 Å². The van der Waals surface area contributed by atoms with Gasteiger partial charge in [0.05, 0.1) is 19.1 Å². The second kappa shape index (κ2) is 8.43. The molecule has 0 saturated carbocycles. The maximum Gasteiger partial charge on any atom is 0.248 e. The number of amides is 1. The summed E-state index contributed by atoms with van der Waals surface area (Å²) in [5.41, 5.74) is 3.08. The average molecular weight is 391 g/mol. The third kappa shape index (κ3) is 4.80.